The summed E-state index contributed by atoms with van der Waals surface area (Å²) in [5.74, 6) is 0.301. The van der Waals surface area contributed by atoms with Gasteiger partial charge in [0.2, 0.25) is 0 Å². The van der Waals surface area contributed by atoms with E-state index >= 15 is 0 Å². The van der Waals surface area contributed by atoms with Crippen LogP contribution in [-0.4, -0.2) is 96.7 Å². The van der Waals surface area contributed by atoms with Gasteiger partial charge in [-0.15, -0.1) is 0 Å². The number of hydrogen-bond donors (Lipinski definition) is 3. The first-order valence-corrected chi connectivity index (χ1v) is 42.4. The maximum Gasteiger partial charge on any atom is 0.472 e. The highest BCUT2D eigenvalue weighted by Gasteiger charge is 2.30. The molecule has 95 heavy (non-hydrogen) atoms. The number of aliphatic hydroxyl groups excluding tert-OH is 1. The molecule has 0 saturated carbocycles. The smallest absolute Gasteiger partial charge is 0.462 e. The molecule has 0 fully saturated rings. The Morgan fingerprint density at radius 1 is 0.305 bits per heavy atom. The van der Waals surface area contributed by atoms with Crippen LogP contribution in [0.1, 0.15) is 389 Å². The van der Waals surface area contributed by atoms with Crippen molar-refractivity contribution in [3.8, 4) is 0 Å². The summed E-state index contributed by atoms with van der Waals surface area (Å²) >= 11 is 0. The lowest BCUT2D eigenvalue weighted by Crippen LogP contribution is -2.30. The molecule has 0 aromatic heterocycles. The molecular weight excluding hydrogens is 1250 g/mol. The molecule has 7 atom stereocenters. The Morgan fingerprint density at radius 3 is 0.800 bits per heavy atom. The zero-order chi connectivity index (χ0) is 70.1. The molecule has 0 radical (unpaired) electrons. The van der Waals surface area contributed by atoms with E-state index in [1.165, 1.54) is 193 Å². The molecule has 0 rings (SSSR count). The molecule has 0 saturated heterocycles. The molecule has 0 spiro atoms. The maximum atomic E-state index is 13.1. The molecule has 564 valence electrons. The fraction of sp³-hybridized carbons (Fsp3) is 0.947. The van der Waals surface area contributed by atoms with Crippen molar-refractivity contribution < 1.29 is 80.2 Å². The van der Waals surface area contributed by atoms with Crippen molar-refractivity contribution in [2.45, 2.75) is 407 Å². The summed E-state index contributed by atoms with van der Waals surface area (Å²) in [7, 11) is -9.90. The molecule has 19 heteroatoms. The van der Waals surface area contributed by atoms with Gasteiger partial charge < -0.3 is 33.8 Å². The average Bonchev–Trinajstić information content (AvgIpc) is 2.31. The number of carbonyl (C=O) groups excluding carboxylic acids is 4. The predicted octanol–water partition coefficient (Wildman–Crippen LogP) is 22.2. The van der Waals surface area contributed by atoms with E-state index < -0.39 is 97.5 Å². The van der Waals surface area contributed by atoms with Crippen LogP contribution < -0.4 is 0 Å². The standard InChI is InChI=1S/C76H148O17P2/c1-8-11-12-40-50-57-73(78)86-63-71(92-76(81)60-53-46-39-33-32-36-43-49-56-69(7)10-3)65-90-94(82,83)88-61-70(77)62-89-95(84,85)91-66-72(64-87-74(79)58-51-44-37-30-26-23-19-20-24-28-34-41-47-54-67(4)5)93-75(80)59-52-45-38-31-27-22-18-16-14-13-15-17-21-25-29-35-42-48-55-68(6)9-2/h67-72,77H,8-66H2,1-7H3,(H,82,83)(H,84,85)/t68?,69?,70-,71+,72+/m0/s1. The van der Waals surface area contributed by atoms with Gasteiger partial charge in [0.15, 0.2) is 12.2 Å². The maximum absolute atomic E-state index is 13.1. The van der Waals surface area contributed by atoms with E-state index in [0.29, 0.717) is 25.7 Å². The highest BCUT2D eigenvalue weighted by Crippen LogP contribution is 2.45. The van der Waals surface area contributed by atoms with Crippen LogP contribution in [-0.2, 0) is 65.4 Å². The van der Waals surface area contributed by atoms with Crippen molar-refractivity contribution in [1.29, 1.82) is 0 Å². The fourth-order valence-electron chi connectivity index (χ4n) is 11.5. The average molecular weight is 1400 g/mol. The monoisotopic (exact) mass is 1400 g/mol. The van der Waals surface area contributed by atoms with Gasteiger partial charge in [0.25, 0.3) is 0 Å². The van der Waals surface area contributed by atoms with Crippen molar-refractivity contribution >= 4 is 39.5 Å². The second-order valence-electron chi connectivity index (χ2n) is 28.4. The van der Waals surface area contributed by atoms with Crippen molar-refractivity contribution in [2.75, 3.05) is 39.6 Å². The molecule has 0 aliphatic carbocycles. The molecule has 0 heterocycles. The summed E-state index contributed by atoms with van der Waals surface area (Å²) in [5, 5.41) is 10.6. The number of aliphatic hydroxyl groups is 1. The Bertz CT molecular complexity index is 1860. The third kappa shape index (κ3) is 67.6. The van der Waals surface area contributed by atoms with Crippen LogP contribution in [0.3, 0.4) is 0 Å². The van der Waals surface area contributed by atoms with Crippen molar-refractivity contribution in [3.05, 3.63) is 0 Å². The molecule has 0 aliphatic rings. The largest absolute Gasteiger partial charge is 0.472 e. The molecule has 0 amide bonds. The van der Waals surface area contributed by atoms with Crippen LogP contribution in [0, 0.1) is 17.8 Å². The zero-order valence-corrected chi connectivity index (χ0v) is 63.9. The second kappa shape index (κ2) is 66.6. The van der Waals surface area contributed by atoms with E-state index in [4.69, 9.17) is 37.0 Å². The Kier molecular flexibility index (Phi) is 65.2. The Balaban J connectivity index is 5.12. The van der Waals surface area contributed by atoms with Gasteiger partial charge in [-0.1, -0.05) is 337 Å². The number of hydrogen-bond acceptors (Lipinski definition) is 15. The lowest BCUT2D eigenvalue weighted by molar-refractivity contribution is -0.161. The minimum atomic E-state index is -4.96. The molecule has 0 aliphatic heterocycles. The number of unbranched alkanes of at least 4 members (excludes halogenated alkanes) is 40. The quantitative estimate of drug-likeness (QED) is 0.0222. The molecule has 0 aromatic rings. The zero-order valence-electron chi connectivity index (χ0n) is 62.1. The lowest BCUT2D eigenvalue weighted by Gasteiger charge is -2.21. The summed E-state index contributed by atoms with van der Waals surface area (Å²) in [6.45, 7) is 11.9. The predicted molar refractivity (Wildman–Crippen MR) is 386 cm³/mol. The summed E-state index contributed by atoms with van der Waals surface area (Å²) < 4.78 is 68.3. The van der Waals surface area contributed by atoms with Crippen LogP contribution >= 0.6 is 15.6 Å². The molecule has 0 bridgehead atoms. The topological polar surface area (TPSA) is 237 Å². The van der Waals surface area contributed by atoms with Crippen molar-refractivity contribution in [3.63, 3.8) is 0 Å². The van der Waals surface area contributed by atoms with Crippen LogP contribution in [0.25, 0.3) is 0 Å². The van der Waals surface area contributed by atoms with Gasteiger partial charge in [0.1, 0.15) is 19.3 Å². The number of rotatable bonds is 74. The van der Waals surface area contributed by atoms with Gasteiger partial charge in [-0.25, -0.2) is 9.13 Å². The number of phosphoric ester groups is 2. The summed E-state index contributed by atoms with van der Waals surface area (Å²) in [6.07, 6.45) is 53.2. The Labute approximate surface area is 581 Å². The minimum Gasteiger partial charge on any atom is -0.462 e. The number of ether oxygens (including phenoxy) is 4. The first-order valence-electron chi connectivity index (χ1n) is 39.4. The van der Waals surface area contributed by atoms with E-state index in [0.717, 1.165) is 114 Å². The number of carbonyl (C=O) groups is 4. The Hall–Kier alpha value is -1.94. The normalized spacial score (nSPS) is 14.6. The second-order valence-corrected chi connectivity index (χ2v) is 31.3. The van der Waals surface area contributed by atoms with Gasteiger partial charge in [0, 0.05) is 25.7 Å². The van der Waals surface area contributed by atoms with Gasteiger partial charge in [0.05, 0.1) is 26.4 Å². The fourth-order valence-corrected chi connectivity index (χ4v) is 13.1. The van der Waals surface area contributed by atoms with Gasteiger partial charge >= 0.3 is 39.5 Å². The molecular formula is C76H148O17P2. The molecule has 0 aromatic carbocycles. The van der Waals surface area contributed by atoms with Crippen molar-refractivity contribution in [1.82, 2.24) is 0 Å². The molecule has 17 nitrogen and oxygen atoms in total. The van der Waals surface area contributed by atoms with Gasteiger partial charge in [-0.05, 0) is 43.4 Å². The van der Waals surface area contributed by atoms with E-state index in [1.807, 2.05) is 0 Å². The van der Waals surface area contributed by atoms with Crippen LogP contribution in [0.4, 0.5) is 0 Å². The van der Waals surface area contributed by atoms with E-state index in [9.17, 15) is 43.2 Å². The summed E-state index contributed by atoms with van der Waals surface area (Å²) in [6, 6.07) is 0. The first kappa shape index (κ1) is 93.1. The third-order valence-corrected chi connectivity index (χ3v) is 20.3. The molecule has 4 unspecified atom stereocenters. The van der Waals surface area contributed by atoms with Gasteiger partial charge in [-0.2, -0.15) is 0 Å². The highest BCUT2D eigenvalue weighted by atomic mass is 31.2. The lowest BCUT2D eigenvalue weighted by atomic mass is 9.99. The molecule has 3 N–H and O–H groups in total. The van der Waals surface area contributed by atoms with Crippen LogP contribution in [0.15, 0.2) is 0 Å². The SMILES string of the molecule is CCCCCCCC(=O)OC[C@H](COP(=O)(O)OC[C@H](O)COP(=O)(O)OC[C@@H](COC(=O)CCCCCCCCCCCCCCCC(C)C)OC(=O)CCCCCCCCCCCCCCCCCCCCC(C)CC)OC(=O)CCCCCCCCCCC(C)CC. The van der Waals surface area contributed by atoms with Crippen molar-refractivity contribution in [2.24, 2.45) is 17.8 Å². The van der Waals surface area contributed by atoms with E-state index in [-0.39, 0.29) is 25.7 Å². The number of phosphoric acid groups is 2. The minimum absolute atomic E-state index is 0.104. The van der Waals surface area contributed by atoms with Crippen LogP contribution in [0.2, 0.25) is 0 Å². The summed E-state index contributed by atoms with van der Waals surface area (Å²) in [4.78, 5) is 72.5. The van der Waals surface area contributed by atoms with E-state index in [2.05, 4.69) is 48.5 Å². The van der Waals surface area contributed by atoms with Crippen LogP contribution in [0.5, 0.6) is 0 Å². The summed E-state index contributed by atoms with van der Waals surface area (Å²) in [5.41, 5.74) is 0. The van der Waals surface area contributed by atoms with Gasteiger partial charge in [-0.3, -0.25) is 37.3 Å². The first-order chi connectivity index (χ1) is 45.8. The highest BCUT2D eigenvalue weighted by molar-refractivity contribution is 7.47. The third-order valence-electron chi connectivity index (χ3n) is 18.4. The Morgan fingerprint density at radius 2 is 0.537 bits per heavy atom. The number of esters is 4. The van der Waals surface area contributed by atoms with E-state index in [1.54, 1.807) is 0 Å².